The summed E-state index contributed by atoms with van der Waals surface area (Å²) in [6, 6.07) is 5.76. The van der Waals surface area contributed by atoms with E-state index in [0.717, 1.165) is 47.3 Å². The summed E-state index contributed by atoms with van der Waals surface area (Å²) in [7, 11) is 0. The van der Waals surface area contributed by atoms with Gasteiger partial charge in [0.15, 0.2) is 11.7 Å². The molecule has 96 valence electrons. The molecule has 0 bridgehead atoms. The van der Waals surface area contributed by atoms with Crippen LogP contribution in [0, 0.1) is 6.92 Å². The van der Waals surface area contributed by atoms with Crippen LogP contribution in [0.1, 0.15) is 18.4 Å². The largest absolute Gasteiger partial charge is 0.441 e. The molecule has 2 aromatic rings. The molecular weight excluding hydrogens is 248 g/mol. The lowest BCUT2D eigenvalue weighted by molar-refractivity contribution is 0.497. The third-order valence-corrected chi connectivity index (χ3v) is 3.01. The highest BCUT2D eigenvalue weighted by Gasteiger charge is 2.08. The molecule has 0 fully saturated rings. The van der Waals surface area contributed by atoms with Crippen LogP contribution in [0.4, 0.5) is 0 Å². The molecule has 0 aliphatic heterocycles. The number of likely N-dealkylation sites (N-methyl/N-ethyl adjacent to an activating group) is 1. The average molecular weight is 265 g/mol. The Morgan fingerprint density at radius 2 is 2.22 bits per heavy atom. The summed E-state index contributed by atoms with van der Waals surface area (Å²) in [6.45, 7) is 5.94. The second kappa shape index (κ2) is 6.03. The SMILES string of the molecule is CCNCCc1ncc(-c2ccc(Cl)cc2C)o1. The van der Waals surface area contributed by atoms with Crippen LogP contribution >= 0.6 is 11.6 Å². The summed E-state index contributed by atoms with van der Waals surface area (Å²) in [5.74, 6) is 1.57. The molecule has 1 aromatic carbocycles. The number of hydrogen-bond acceptors (Lipinski definition) is 3. The van der Waals surface area contributed by atoms with Crippen molar-refractivity contribution in [2.45, 2.75) is 20.3 Å². The highest BCUT2D eigenvalue weighted by atomic mass is 35.5. The van der Waals surface area contributed by atoms with E-state index < -0.39 is 0 Å². The average Bonchev–Trinajstić information content (AvgIpc) is 2.78. The van der Waals surface area contributed by atoms with Gasteiger partial charge in [-0.1, -0.05) is 18.5 Å². The Morgan fingerprint density at radius 3 is 2.94 bits per heavy atom. The molecule has 4 heteroatoms. The van der Waals surface area contributed by atoms with E-state index in [1.54, 1.807) is 6.20 Å². The van der Waals surface area contributed by atoms with Crippen molar-refractivity contribution in [1.29, 1.82) is 0 Å². The Kier molecular flexibility index (Phi) is 4.39. The molecule has 0 unspecified atom stereocenters. The zero-order valence-corrected chi connectivity index (χ0v) is 11.4. The van der Waals surface area contributed by atoms with Crippen molar-refractivity contribution in [2.24, 2.45) is 0 Å². The van der Waals surface area contributed by atoms with Crippen molar-refractivity contribution >= 4 is 11.6 Å². The second-order valence-electron chi connectivity index (χ2n) is 4.18. The zero-order chi connectivity index (χ0) is 13.0. The predicted molar refractivity (Wildman–Crippen MR) is 73.9 cm³/mol. The summed E-state index contributed by atoms with van der Waals surface area (Å²) in [5.41, 5.74) is 2.14. The van der Waals surface area contributed by atoms with Crippen LogP contribution in [0.2, 0.25) is 5.02 Å². The Morgan fingerprint density at radius 1 is 1.39 bits per heavy atom. The molecule has 18 heavy (non-hydrogen) atoms. The minimum Gasteiger partial charge on any atom is -0.441 e. The predicted octanol–water partition coefficient (Wildman–Crippen LogP) is 3.46. The number of hydrogen-bond donors (Lipinski definition) is 1. The molecule has 1 aromatic heterocycles. The molecule has 2 rings (SSSR count). The van der Waals surface area contributed by atoms with E-state index in [1.165, 1.54) is 0 Å². The minimum absolute atomic E-state index is 0.739. The highest BCUT2D eigenvalue weighted by molar-refractivity contribution is 6.30. The van der Waals surface area contributed by atoms with Gasteiger partial charge in [0.25, 0.3) is 0 Å². The first kappa shape index (κ1) is 13.1. The minimum atomic E-state index is 0.739. The topological polar surface area (TPSA) is 38.1 Å². The van der Waals surface area contributed by atoms with Gasteiger partial charge < -0.3 is 9.73 Å². The third-order valence-electron chi connectivity index (χ3n) is 2.77. The molecule has 0 saturated carbocycles. The molecule has 0 radical (unpaired) electrons. The van der Waals surface area contributed by atoms with Gasteiger partial charge in [0.2, 0.25) is 0 Å². The third kappa shape index (κ3) is 3.12. The summed E-state index contributed by atoms with van der Waals surface area (Å²) >= 11 is 5.94. The van der Waals surface area contributed by atoms with Crippen molar-refractivity contribution in [3.05, 3.63) is 40.9 Å². The van der Waals surface area contributed by atoms with E-state index in [9.17, 15) is 0 Å². The molecule has 1 heterocycles. The van der Waals surface area contributed by atoms with Crippen molar-refractivity contribution in [2.75, 3.05) is 13.1 Å². The number of rotatable bonds is 5. The van der Waals surface area contributed by atoms with Gasteiger partial charge in [0.05, 0.1) is 6.20 Å². The quantitative estimate of drug-likeness (QED) is 0.841. The van der Waals surface area contributed by atoms with Crippen LogP contribution in [0.15, 0.2) is 28.8 Å². The molecule has 0 aliphatic carbocycles. The van der Waals surface area contributed by atoms with Gasteiger partial charge in [-0.05, 0) is 37.2 Å². The van der Waals surface area contributed by atoms with E-state index in [2.05, 4.69) is 17.2 Å². The Hall–Kier alpha value is -1.32. The fourth-order valence-corrected chi connectivity index (χ4v) is 2.05. The number of aryl methyl sites for hydroxylation is 1. The van der Waals surface area contributed by atoms with Gasteiger partial charge in [-0.2, -0.15) is 0 Å². The number of nitrogens with zero attached hydrogens (tertiary/aromatic N) is 1. The monoisotopic (exact) mass is 264 g/mol. The van der Waals surface area contributed by atoms with E-state index in [0.29, 0.717) is 0 Å². The Balaban J connectivity index is 2.13. The maximum Gasteiger partial charge on any atom is 0.196 e. The summed E-state index contributed by atoms with van der Waals surface area (Å²) in [6.07, 6.45) is 2.58. The van der Waals surface area contributed by atoms with Gasteiger partial charge in [-0.25, -0.2) is 4.98 Å². The first-order valence-corrected chi connectivity index (χ1v) is 6.50. The molecule has 1 N–H and O–H groups in total. The molecular formula is C14H17ClN2O. The number of aromatic nitrogens is 1. The number of nitrogens with one attached hydrogen (secondary N) is 1. The molecule has 0 atom stereocenters. The Labute approximate surface area is 112 Å². The van der Waals surface area contributed by atoms with Crippen LogP contribution in [-0.2, 0) is 6.42 Å². The summed E-state index contributed by atoms with van der Waals surface area (Å²) in [4.78, 5) is 4.29. The highest BCUT2D eigenvalue weighted by Crippen LogP contribution is 2.26. The first-order chi connectivity index (χ1) is 8.70. The van der Waals surface area contributed by atoms with Crippen LogP contribution in [0.25, 0.3) is 11.3 Å². The van der Waals surface area contributed by atoms with Crippen molar-refractivity contribution in [3.8, 4) is 11.3 Å². The standard InChI is InChI=1S/C14H17ClN2O/c1-3-16-7-6-14-17-9-13(18-14)12-5-4-11(15)8-10(12)2/h4-5,8-9,16H,3,6-7H2,1-2H3. The van der Waals surface area contributed by atoms with Crippen LogP contribution in [0.5, 0.6) is 0 Å². The van der Waals surface area contributed by atoms with Gasteiger partial charge >= 0.3 is 0 Å². The Bertz CT molecular complexity index is 522. The van der Waals surface area contributed by atoms with Gasteiger partial charge in [-0.15, -0.1) is 0 Å². The number of benzene rings is 1. The summed E-state index contributed by atoms with van der Waals surface area (Å²) < 4.78 is 5.74. The lowest BCUT2D eigenvalue weighted by Gasteiger charge is -2.02. The lowest BCUT2D eigenvalue weighted by atomic mass is 10.1. The van der Waals surface area contributed by atoms with Gasteiger partial charge in [-0.3, -0.25) is 0 Å². The second-order valence-corrected chi connectivity index (χ2v) is 4.62. The zero-order valence-electron chi connectivity index (χ0n) is 10.7. The fourth-order valence-electron chi connectivity index (χ4n) is 1.83. The van der Waals surface area contributed by atoms with Crippen molar-refractivity contribution in [1.82, 2.24) is 10.3 Å². The fraction of sp³-hybridized carbons (Fsp3) is 0.357. The van der Waals surface area contributed by atoms with Crippen LogP contribution < -0.4 is 5.32 Å². The molecule has 0 aliphatic rings. The van der Waals surface area contributed by atoms with Crippen molar-refractivity contribution in [3.63, 3.8) is 0 Å². The van der Waals surface area contributed by atoms with E-state index in [1.807, 2.05) is 25.1 Å². The van der Waals surface area contributed by atoms with Crippen LogP contribution in [-0.4, -0.2) is 18.1 Å². The van der Waals surface area contributed by atoms with Crippen LogP contribution in [0.3, 0.4) is 0 Å². The maximum absolute atomic E-state index is 5.94. The van der Waals surface area contributed by atoms with E-state index in [4.69, 9.17) is 16.0 Å². The van der Waals surface area contributed by atoms with Gasteiger partial charge in [0, 0.05) is 23.6 Å². The number of halogens is 1. The molecule has 0 saturated heterocycles. The number of oxazole rings is 1. The normalized spacial score (nSPS) is 10.8. The van der Waals surface area contributed by atoms with Gasteiger partial charge in [0.1, 0.15) is 0 Å². The van der Waals surface area contributed by atoms with E-state index in [-0.39, 0.29) is 0 Å². The molecule has 3 nitrogen and oxygen atoms in total. The first-order valence-electron chi connectivity index (χ1n) is 6.12. The summed E-state index contributed by atoms with van der Waals surface area (Å²) in [5, 5.41) is 3.99. The maximum atomic E-state index is 5.94. The van der Waals surface area contributed by atoms with Crippen molar-refractivity contribution < 1.29 is 4.42 Å². The smallest absolute Gasteiger partial charge is 0.196 e. The molecule has 0 amide bonds. The lowest BCUT2D eigenvalue weighted by Crippen LogP contribution is -2.16. The molecule has 0 spiro atoms. The van der Waals surface area contributed by atoms with E-state index >= 15 is 0 Å².